The predicted octanol–water partition coefficient (Wildman–Crippen LogP) is 1.89. The molecule has 2 aliphatic rings. The molecule has 1 aromatic carbocycles. The molecule has 0 atom stereocenters. The predicted molar refractivity (Wildman–Crippen MR) is 74.7 cm³/mol. The number of hydrazine groups is 1. The Labute approximate surface area is 120 Å². The average molecular weight is 326 g/mol. The van der Waals surface area contributed by atoms with Crippen LogP contribution >= 0.6 is 15.9 Å². The van der Waals surface area contributed by atoms with E-state index >= 15 is 0 Å². The van der Waals surface area contributed by atoms with Gasteiger partial charge in [-0.05, 0) is 24.1 Å². The lowest BCUT2D eigenvalue weighted by Gasteiger charge is -2.33. The zero-order chi connectivity index (χ0) is 13.4. The van der Waals surface area contributed by atoms with Gasteiger partial charge in [-0.25, -0.2) is 10.6 Å². The number of fused-ring (bicyclic) bond motifs is 1. The molecule has 0 bridgehead atoms. The number of benzene rings is 1. The number of halogens is 1. The van der Waals surface area contributed by atoms with Gasteiger partial charge < -0.3 is 9.64 Å². The minimum atomic E-state index is -0.113. The van der Waals surface area contributed by atoms with Gasteiger partial charge >= 0.3 is 6.03 Å². The van der Waals surface area contributed by atoms with Crippen LogP contribution in [-0.2, 0) is 13.0 Å². The summed E-state index contributed by atoms with van der Waals surface area (Å²) in [6.45, 7) is 2.64. The van der Waals surface area contributed by atoms with Gasteiger partial charge in [0.25, 0.3) is 0 Å². The third-order valence-corrected chi connectivity index (χ3v) is 3.99. The topological polar surface area (TPSA) is 58.8 Å². The molecule has 6 heteroatoms. The number of rotatable bonds is 2. The van der Waals surface area contributed by atoms with Crippen LogP contribution in [0.2, 0.25) is 0 Å². The van der Waals surface area contributed by atoms with Crippen molar-refractivity contribution in [1.82, 2.24) is 9.91 Å². The van der Waals surface area contributed by atoms with E-state index in [0.29, 0.717) is 13.1 Å². The summed E-state index contributed by atoms with van der Waals surface area (Å²) < 4.78 is 6.71. The van der Waals surface area contributed by atoms with Crippen molar-refractivity contribution >= 4 is 22.0 Å². The van der Waals surface area contributed by atoms with Crippen molar-refractivity contribution in [2.45, 2.75) is 19.4 Å². The maximum atomic E-state index is 12.0. The van der Waals surface area contributed by atoms with Crippen molar-refractivity contribution in [2.75, 3.05) is 19.7 Å². The molecule has 2 N–H and O–H groups in total. The molecule has 1 fully saturated rings. The molecule has 0 aromatic heterocycles. The highest BCUT2D eigenvalue weighted by Gasteiger charge is 2.26. The Morgan fingerprint density at radius 3 is 3.05 bits per heavy atom. The highest BCUT2D eigenvalue weighted by Crippen LogP contribution is 2.34. The Hall–Kier alpha value is -1.27. The van der Waals surface area contributed by atoms with Gasteiger partial charge in [0.1, 0.15) is 5.75 Å². The Morgan fingerprint density at radius 1 is 1.37 bits per heavy atom. The summed E-state index contributed by atoms with van der Waals surface area (Å²) in [4.78, 5) is 13.8. The van der Waals surface area contributed by atoms with Gasteiger partial charge in [-0.2, -0.15) is 0 Å². The smallest absolute Gasteiger partial charge is 0.334 e. The van der Waals surface area contributed by atoms with E-state index in [1.807, 2.05) is 6.07 Å². The summed E-state index contributed by atoms with van der Waals surface area (Å²) in [5.41, 5.74) is 2.25. The third-order valence-electron chi connectivity index (χ3n) is 3.53. The molecule has 2 amide bonds. The van der Waals surface area contributed by atoms with Gasteiger partial charge in [0, 0.05) is 29.5 Å². The molecule has 2 aliphatic heterocycles. The molecule has 0 saturated carbocycles. The van der Waals surface area contributed by atoms with Crippen molar-refractivity contribution in [3.8, 4) is 5.75 Å². The Morgan fingerprint density at radius 2 is 2.21 bits per heavy atom. The molecule has 102 valence electrons. The summed E-state index contributed by atoms with van der Waals surface area (Å²) in [5, 5.41) is 1.28. The van der Waals surface area contributed by atoms with Crippen LogP contribution in [0, 0.1) is 0 Å². The van der Waals surface area contributed by atoms with Gasteiger partial charge in [-0.1, -0.05) is 15.9 Å². The van der Waals surface area contributed by atoms with Gasteiger partial charge in [0.2, 0.25) is 0 Å². The molecule has 0 unspecified atom stereocenters. The highest BCUT2D eigenvalue weighted by atomic mass is 79.9. The highest BCUT2D eigenvalue weighted by molar-refractivity contribution is 9.10. The first kappa shape index (κ1) is 12.7. The van der Waals surface area contributed by atoms with E-state index in [0.717, 1.165) is 41.8 Å². The van der Waals surface area contributed by atoms with Crippen molar-refractivity contribution in [3.05, 3.63) is 27.7 Å². The van der Waals surface area contributed by atoms with E-state index in [1.54, 1.807) is 4.90 Å². The molecule has 0 spiro atoms. The molecule has 2 heterocycles. The summed E-state index contributed by atoms with van der Waals surface area (Å²) in [7, 11) is 0. The lowest BCUT2D eigenvalue weighted by molar-refractivity contribution is 0.126. The lowest BCUT2D eigenvalue weighted by Crippen LogP contribution is -2.52. The maximum Gasteiger partial charge on any atom is 0.334 e. The van der Waals surface area contributed by atoms with E-state index in [4.69, 9.17) is 10.6 Å². The van der Waals surface area contributed by atoms with E-state index < -0.39 is 0 Å². The monoisotopic (exact) mass is 325 g/mol. The molecule has 5 nitrogen and oxygen atoms in total. The number of nitrogens with zero attached hydrogens (tertiary/aromatic N) is 2. The van der Waals surface area contributed by atoms with Gasteiger partial charge in [0.15, 0.2) is 0 Å². The second-order valence-electron chi connectivity index (χ2n) is 4.90. The minimum absolute atomic E-state index is 0.113. The Bertz CT molecular complexity index is 521. The summed E-state index contributed by atoms with van der Waals surface area (Å²) in [6, 6.07) is 3.99. The number of carbonyl (C=O) groups excluding carboxylic acids is 1. The number of amides is 2. The van der Waals surface area contributed by atoms with Crippen LogP contribution in [0.25, 0.3) is 0 Å². The van der Waals surface area contributed by atoms with Crippen molar-refractivity contribution in [1.29, 1.82) is 0 Å². The van der Waals surface area contributed by atoms with Crippen LogP contribution in [0.3, 0.4) is 0 Å². The van der Waals surface area contributed by atoms with Crippen LogP contribution in [0.15, 0.2) is 16.6 Å². The van der Waals surface area contributed by atoms with Gasteiger partial charge in [0.05, 0.1) is 13.2 Å². The number of urea groups is 1. The van der Waals surface area contributed by atoms with E-state index in [1.165, 1.54) is 10.6 Å². The SMILES string of the molecule is NN1CCCN(Cc2cc(Br)cc3c2OCC3)C1=O. The molecule has 0 aliphatic carbocycles. The first-order chi connectivity index (χ1) is 9.15. The van der Waals surface area contributed by atoms with Crippen LogP contribution in [0.1, 0.15) is 17.5 Å². The lowest BCUT2D eigenvalue weighted by atomic mass is 10.1. The van der Waals surface area contributed by atoms with Crippen LogP contribution in [-0.4, -0.2) is 35.6 Å². The summed E-state index contributed by atoms with van der Waals surface area (Å²) in [6.07, 6.45) is 1.83. The number of carbonyl (C=O) groups is 1. The normalized spacial score (nSPS) is 18.5. The zero-order valence-corrected chi connectivity index (χ0v) is 12.1. The number of hydrogen-bond acceptors (Lipinski definition) is 3. The first-order valence-corrected chi connectivity index (χ1v) is 7.19. The maximum absolute atomic E-state index is 12.0. The number of hydrogen-bond donors (Lipinski definition) is 1. The standard InChI is InChI=1S/C13H16BrN3O2/c14-11-6-9-2-5-19-12(9)10(7-11)8-16-3-1-4-17(15)13(16)18/h6-7H,1-5,8,15H2. The molecule has 1 aromatic rings. The van der Waals surface area contributed by atoms with Gasteiger partial charge in [-0.15, -0.1) is 0 Å². The first-order valence-electron chi connectivity index (χ1n) is 6.40. The third kappa shape index (κ3) is 2.42. The van der Waals surface area contributed by atoms with Crippen molar-refractivity contribution in [2.24, 2.45) is 5.84 Å². The fourth-order valence-electron chi connectivity index (χ4n) is 2.62. The zero-order valence-electron chi connectivity index (χ0n) is 10.6. The van der Waals surface area contributed by atoms with Crippen LogP contribution < -0.4 is 10.6 Å². The Balaban J connectivity index is 1.85. The van der Waals surface area contributed by atoms with Gasteiger partial charge in [-0.3, -0.25) is 5.01 Å². The van der Waals surface area contributed by atoms with Crippen molar-refractivity contribution < 1.29 is 9.53 Å². The van der Waals surface area contributed by atoms with E-state index in [-0.39, 0.29) is 6.03 Å². The quantitative estimate of drug-likeness (QED) is 0.667. The minimum Gasteiger partial charge on any atom is -0.493 e. The fourth-order valence-corrected chi connectivity index (χ4v) is 3.17. The second kappa shape index (κ2) is 5.02. The summed E-state index contributed by atoms with van der Waals surface area (Å²) in [5.74, 6) is 6.60. The average Bonchev–Trinajstić information content (AvgIpc) is 2.83. The molecule has 0 radical (unpaired) electrons. The molecule has 19 heavy (non-hydrogen) atoms. The van der Waals surface area contributed by atoms with Crippen LogP contribution in [0.5, 0.6) is 5.75 Å². The summed E-state index contributed by atoms with van der Waals surface area (Å²) >= 11 is 3.51. The molecule has 3 rings (SSSR count). The van der Waals surface area contributed by atoms with Crippen molar-refractivity contribution in [3.63, 3.8) is 0 Å². The number of nitrogens with two attached hydrogens (primary N) is 1. The molecule has 1 saturated heterocycles. The number of ether oxygens (including phenoxy) is 1. The van der Waals surface area contributed by atoms with Crippen LogP contribution in [0.4, 0.5) is 4.79 Å². The van der Waals surface area contributed by atoms with E-state index in [9.17, 15) is 4.79 Å². The second-order valence-corrected chi connectivity index (χ2v) is 5.82. The molecular formula is C13H16BrN3O2. The van der Waals surface area contributed by atoms with E-state index in [2.05, 4.69) is 22.0 Å². The largest absolute Gasteiger partial charge is 0.493 e. The Kier molecular flexibility index (Phi) is 3.36. The fraction of sp³-hybridized carbons (Fsp3) is 0.462. The molecular weight excluding hydrogens is 310 g/mol.